The summed E-state index contributed by atoms with van der Waals surface area (Å²) >= 11 is 1.66. The van der Waals surface area contributed by atoms with Gasteiger partial charge in [-0.25, -0.2) is 0 Å². The average Bonchev–Trinajstić information content (AvgIpc) is 3.03. The van der Waals surface area contributed by atoms with Gasteiger partial charge in [-0.2, -0.15) is 0 Å². The molecule has 1 aromatic carbocycles. The van der Waals surface area contributed by atoms with E-state index in [-0.39, 0.29) is 23.9 Å². The predicted molar refractivity (Wildman–Crippen MR) is 98.4 cm³/mol. The van der Waals surface area contributed by atoms with E-state index in [1.54, 1.807) is 11.8 Å². The van der Waals surface area contributed by atoms with E-state index in [0.29, 0.717) is 26.2 Å². The van der Waals surface area contributed by atoms with Crippen LogP contribution in [0.15, 0.2) is 23.1 Å². The van der Waals surface area contributed by atoms with Crippen LogP contribution in [0.2, 0.25) is 0 Å². The lowest BCUT2D eigenvalue weighted by atomic mass is 9.98. The highest BCUT2D eigenvalue weighted by molar-refractivity contribution is 7.99. The number of nitrogens with two attached hydrogens (primary N) is 1. The molecule has 3 N–H and O–H groups in total. The second kappa shape index (κ2) is 8.83. The summed E-state index contributed by atoms with van der Waals surface area (Å²) in [7, 11) is 0. The van der Waals surface area contributed by atoms with E-state index >= 15 is 0 Å². The second-order valence-corrected chi connectivity index (χ2v) is 7.31. The highest BCUT2D eigenvalue weighted by Crippen LogP contribution is 2.34. The minimum absolute atomic E-state index is 0. The standard InChI is InChI=1S/C17H24N2O3S.ClH/c18-12-17(6-1-2-7-17)19-16(20)5-10-23-13-3-4-14-15(11-13)22-9-8-21-14;/h3-4,11H,1-2,5-10,12,18H2,(H,19,20);1H. The van der Waals surface area contributed by atoms with Gasteiger partial charge in [-0.1, -0.05) is 12.8 Å². The molecule has 7 heteroatoms. The molecule has 1 fully saturated rings. The predicted octanol–water partition coefficient (Wildman–Crippen LogP) is 2.75. The number of hydrogen-bond acceptors (Lipinski definition) is 5. The monoisotopic (exact) mass is 372 g/mol. The van der Waals surface area contributed by atoms with E-state index < -0.39 is 0 Å². The van der Waals surface area contributed by atoms with Gasteiger partial charge in [0.25, 0.3) is 0 Å². The molecule has 0 unspecified atom stereocenters. The van der Waals surface area contributed by atoms with Gasteiger partial charge in [0.15, 0.2) is 11.5 Å². The van der Waals surface area contributed by atoms with Crippen LogP contribution < -0.4 is 20.5 Å². The third-order valence-electron chi connectivity index (χ3n) is 4.47. The highest BCUT2D eigenvalue weighted by atomic mass is 35.5. The molecule has 0 radical (unpaired) electrons. The first kappa shape index (κ1) is 19.2. The number of fused-ring (bicyclic) bond motifs is 1. The number of hydrogen-bond donors (Lipinski definition) is 2. The molecule has 5 nitrogen and oxygen atoms in total. The van der Waals surface area contributed by atoms with E-state index in [4.69, 9.17) is 15.2 Å². The van der Waals surface area contributed by atoms with Crippen LogP contribution >= 0.6 is 24.2 Å². The van der Waals surface area contributed by atoms with E-state index in [0.717, 1.165) is 47.8 Å². The van der Waals surface area contributed by atoms with Crippen LogP contribution in [-0.4, -0.2) is 37.0 Å². The van der Waals surface area contributed by atoms with E-state index in [1.807, 2.05) is 18.2 Å². The first-order valence-electron chi connectivity index (χ1n) is 8.24. The molecule has 3 rings (SSSR count). The minimum Gasteiger partial charge on any atom is -0.486 e. The molecule has 0 spiro atoms. The van der Waals surface area contributed by atoms with Crippen molar-refractivity contribution < 1.29 is 14.3 Å². The molecular formula is C17H25ClN2O3S. The van der Waals surface area contributed by atoms with Gasteiger partial charge in [0.1, 0.15) is 13.2 Å². The molecule has 1 heterocycles. The molecule has 1 aliphatic carbocycles. The van der Waals surface area contributed by atoms with Gasteiger partial charge in [0.05, 0.1) is 5.54 Å². The quantitative estimate of drug-likeness (QED) is 0.751. The van der Waals surface area contributed by atoms with Gasteiger partial charge in [-0.3, -0.25) is 4.79 Å². The van der Waals surface area contributed by atoms with Crippen LogP contribution in [0.5, 0.6) is 11.5 Å². The molecule has 24 heavy (non-hydrogen) atoms. The first-order valence-corrected chi connectivity index (χ1v) is 9.23. The zero-order valence-corrected chi connectivity index (χ0v) is 15.3. The van der Waals surface area contributed by atoms with Gasteiger partial charge in [0, 0.05) is 23.6 Å². The zero-order valence-electron chi connectivity index (χ0n) is 13.7. The normalized spacial score (nSPS) is 17.9. The number of halogens is 1. The lowest BCUT2D eigenvalue weighted by molar-refractivity contribution is -0.122. The van der Waals surface area contributed by atoms with E-state index in [1.165, 1.54) is 0 Å². The Hall–Kier alpha value is -1.11. The van der Waals surface area contributed by atoms with Gasteiger partial charge in [-0.05, 0) is 31.0 Å². The summed E-state index contributed by atoms with van der Waals surface area (Å²) in [4.78, 5) is 13.3. The van der Waals surface area contributed by atoms with Crippen LogP contribution in [0.3, 0.4) is 0 Å². The highest BCUT2D eigenvalue weighted by Gasteiger charge is 2.33. The molecule has 1 aromatic rings. The summed E-state index contributed by atoms with van der Waals surface area (Å²) in [6, 6.07) is 5.92. The largest absolute Gasteiger partial charge is 0.486 e. The summed E-state index contributed by atoms with van der Waals surface area (Å²) in [5, 5.41) is 3.16. The van der Waals surface area contributed by atoms with Crippen molar-refractivity contribution in [3.8, 4) is 11.5 Å². The van der Waals surface area contributed by atoms with E-state index in [9.17, 15) is 4.79 Å². The van der Waals surface area contributed by atoms with Crippen molar-refractivity contribution in [2.75, 3.05) is 25.5 Å². The molecule has 1 aliphatic heterocycles. The lowest BCUT2D eigenvalue weighted by Crippen LogP contribution is -2.51. The SMILES string of the molecule is Cl.NCC1(NC(=O)CCSc2ccc3c(c2)OCCO3)CCCC1. The third-order valence-corrected chi connectivity index (χ3v) is 5.46. The van der Waals surface area contributed by atoms with Crippen LogP contribution in [0, 0.1) is 0 Å². The van der Waals surface area contributed by atoms with Crippen molar-refractivity contribution in [1.82, 2.24) is 5.32 Å². The van der Waals surface area contributed by atoms with Crippen molar-refractivity contribution >= 4 is 30.1 Å². The van der Waals surface area contributed by atoms with Crippen molar-refractivity contribution in [2.24, 2.45) is 5.73 Å². The molecule has 0 saturated heterocycles. The summed E-state index contributed by atoms with van der Waals surface area (Å²) in [6.45, 7) is 1.72. The second-order valence-electron chi connectivity index (χ2n) is 6.14. The molecular weight excluding hydrogens is 348 g/mol. The molecule has 2 aliphatic rings. The summed E-state index contributed by atoms with van der Waals surface area (Å²) in [5.74, 6) is 2.43. The Balaban J connectivity index is 0.00000208. The number of thioether (sulfide) groups is 1. The van der Waals surface area contributed by atoms with Crippen LogP contribution in [0.4, 0.5) is 0 Å². The average molecular weight is 373 g/mol. The summed E-state index contributed by atoms with van der Waals surface area (Å²) in [5.41, 5.74) is 5.70. The lowest BCUT2D eigenvalue weighted by Gasteiger charge is -2.28. The molecule has 0 aromatic heterocycles. The Morgan fingerprint density at radius 1 is 1.21 bits per heavy atom. The number of benzene rings is 1. The molecule has 134 valence electrons. The number of rotatable bonds is 6. The maximum Gasteiger partial charge on any atom is 0.221 e. The maximum absolute atomic E-state index is 12.2. The Labute approximate surface area is 153 Å². The van der Waals surface area contributed by atoms with Crippen LogP contribution in [0.25, 0.3) is 0 Å². The van der Waals surface area contributed by atoms with Crippen molar-refractivity contribution in [2.45, 2.75) is 42.5 Å². The van der Waals surface area contributed by atoms with Crippen molar-refractivity contribution in [3.63, 3.8) is 0 Å². The topological polar surface area (TPSA) is 73.6 Å². The fraction of sp³-hybridized carbons (Fsp3) is 0.588. The first-order chi connectivity index (χ1) is 11.2. The van der Waals surface area contributed by atoms with Crippen molar-refractivity contribution in [3.05, 3.63) is 18.2 Å². The number of amides is 1. The van der Waals surface area contributed by atoms with Crippen molar-refractivity contribution in [1.29, 1.82) is 0 Å². The maximum atomic E-state index is 12.2. The van der Waals surface area contributed by atoms with E-state index in [2.05, 4.69) is 5.32 Å². The number of carbonyl (C=O) groups excluding carboxylic acids is 1. The van der Waals surface area contributed by atoms with Crippen LogP contribution in [-0.2, 0) is 4.79 Å². The molecule has 1 amide bonds. The number of nitrogens with one attached hydrogen (secondary N) is 1. The Bertz CT molecular complexity index is 565. The Kier molecular flexibility index (Phi) is 7.07. The van der Waals surface area contributed by atoms with Crippen LogP contribution in [0.1, 0.15) is 32.1 Å². The number of carbonyl (C=O) groups is 1. The fourth-order valence-corrected chi connectivity index (χ4v) is 4.04. The minimum atomic E-state index is -0.154. The Morgan fingerprint density at radius 3 is 2.62 bits per heavy atom. The smallest absolute Gasteiger partial charge is 0.221 e. The molecule has 0 bridgehead atoms. The molecule has 0 atom stereocenters. The van der Waals surface area contributed by atoms with Gasteiger partial charge in [0.2, 0.25) is 5.91 Å². The number of ether oxygens (including phenoxy) is 2. The summed E-state index contributed by atoms with van der Waals surface area (Å²) < 4.78 is 11.1. The van der Waals surface area contributed by atoms with Gasteiger partial charge in [-0.15, -0.1) is 24.2 Å². The Morgan fingerprint density at radius 2 is 1.92 bits per heavy atom. The third kappa shape index (κ3) is 4.71. The molecule has 1 saturated carbocycles. The zero-order chi connectivity index (χ0) is 16.1. The van der Waals surface area contributed by atoms with Gasteiger partial charge >= 0.3 is 0 Å². The fourth-order valence-electron chi connectivity index (χ4n) is 3.17. The van der Waals surface area contributed by atoms with Gasteiger partial charge < -0.3 is 20.5 Å². The summed E-state index contributed by atoms with van der Waals surface area (Å²) in [6.07, 6.45) is 4.82.